The van der Waals surface area contributed by atoms with Gasteiger partial charge in [-0.25, -0.2) is 0 Å². The standard InChI is InChI=1S/C13H15BrF3N3O2/c1-9(13(15,16)17)18-4-6-19(7-5-18)12-8-10(14)2-3-11(12)20(21)22/h2-3,8-9H,4-7H2,1H3. The van der Waals surface area contributed by atoms with Crippen LogP contribution in [-0.4, -0.2) is 48.2 Å². The Morgan fingerprint density at radius 1 is 1.27 bits per heavy atom. The number of nitro benzene ring substituents is 1. The quantitative estimate of drug-likeness (QED) is 0.594. The summed E-state index contributed by atoms with van der Waals surface area (Å²) in [6.45, 7) is 2.20. The molecule has 0 aromatic heterocycles. The van der Waals surface area contributed by atoms with Gasteiger partial charge in [-0.15, -0.1) is 0 Å². The first-order valence-corrected chi connectivity index (χ1v) is 7.49. The zero-order valence-corrected chi connectivity index (χ0v) is 13.4. The summed E-state index contributed by atoms with van der Waals surface area (Å²) in [5.41, 5.74) is 0.388. The van der Waals surface area contributed by atoms with E-state index in [-0.39, 0.29) is 18.8 Å². The van der Waals surface area contributed by atoms with Crippen LogP contribution < -0.4 is 4.90 Å². The summed E-state index contributed by atoms with van der Waals surface area (Å²) in [4.78, 5) is 13.7. The zero-order valence-electron chi connectivity index (χ0n) is 11.8. The molecule has 9 heteroatoms. The monoisotopic (exact) mass is 381 g/mol. The van der Waals surface area contributed by atoms with E-state index in [2.05, 4.69) is 15.9 Å². The molecular weight excluding hydrogens is 367 g/mol. The Morgan fingerprint density at radius 2 is 1.86 bits per heavy atom. The minimum Gasteiger partial charge on any atom is -0.363 e. The fourth-order valence-corrected chi connectivity index (χ4v) is 2.81. The van der Waals surface area contributed by atoms with E-state index in [1.807, 2.05) is 0 Å². The smallest absolute Gasteiger partial charge is 0.363 e. The van der Waals surface area contributed by atoms with Gasteiger partial charge in [0, 0.05) is 36.7 Å². The highest BCUT2D eigenvalue weighted by molar-refractivity contribution is 9.10. The third-order valence-electron chi connectivity index (χ3n) is 3.81. The molecule has 0 spiro atoms. The van der Waals surface area contributed by atoms with Crippen LogP contribution >= 0.6 is 15.9 Å². The van der Waals surface area contributed by atoms with Gasteiger partial charge in [0.25, 0.3) is 5.69 Å². The zero-order chi connectivity index (χ0) is 16.5. The van der Waals surface area contributed by atoms with Crippen LogP contribution in [-0.2, 0) is 0 Å². The number of benzene rings is 1. The van der Waals surface area contributed by atoms with Crippen molar-refractivity contribution in [3.63, 3.8) is 0 Å². The van der Waals surface area contributed by atoms with Crippen LogP contribution in [0.25, 0.3) is 0 Å². The average molecular weight is 382 g/mol. The predicted octanol–water partition coefficient (Wildman–Crippen LogP) is 3.43. The summed E-state index contributed by atoms with van der Waals surface area (Å²) in [7, 11) is 0. The number of nitrogens with zero attached hydrogens (tertiary/aromatic N) is 3. The van der Waals surface area contributed by atoms with Gasteiger partial charge in [-0.2, -0.15) is 13.2 Å². The van der Waals surface area contributed by atoms with Gasteiger partial charge < -0.3 is 4.90 Å². The number of rotatable bonds is 3. The molecule has 0 radical (unpaired) electrons. The summed E-state index contributed by atoms with van der Waals surface area (Å²) in [6.07, 6.45) is -4.26. The Morgan fingerprint density at radius 3 is 2.36 bits per heavy atom. The number of piperazine rings is 1. The SMILES string of the molecule is CC(N1CCN(c2cc(Br)ccc2[N+](=O)[O-])CC1)C(F)(F)F. The molecule has 122 valence electrons. The maximum Gasteiger partial charge on any atom is 0.403 e. The second-order valence-corrected chi connectivity index (χ2v) is 6.05. The molecule has 1 aromatic rings. The molecule has 2 rings (SSSR count). The van der Waals surface area contributed by atoms with Gasteiger partial charge in [0.1, 0.15) is 11.7 Å². The minimum absolute atomic E-state index is 0.0412. The van der Waals surface area contributed by atoms with E-state index in [9.17, 15) is 23.3 Å². The molecule has 1 saturated heterocycles. The Balaban J connectivity index is 2.12. The lowest BCUT2D eigenvalue weighted by Crippen LogP contribution is -2.53. The minimum atomic E-state index is -4.26. The highest BCUT2D eigenvalue weighted by Gasteiger charge is 2.41. The van der Waals surface area contributed by atoms with Crippen molar-refractivity contribution < 1.29 is 18.1 Å². The van der Waals surface area contributed by atoms with Crippen molar-refractivity contribution in [1.82, 2.24) is 4.90 Å². The van der Waals surface area contributed by atoms with Gasteiger partial charge >= 0.3 is 6.18 Å². The Kier molecular flexibility index (Phi) is 4.96. The Bertz CT molecular complexity index is 560. The van der Waals surface area contributed by atoms with E-state index in [0.29, 0.717) is 23.2 Å². The fraction of sp³-hybridized carbons (Fsp3) is 0.538. The molecule has 0 N–H and O–H groups in total. The second kappa shape index (κ2) is 6.41. The number of halogens is 4. The van der Waals surface area contributed by atoms with Crippen LogP contribution in [0.2, 0.25) is 0 Å². The lowest BCUT2D eigenvalue weighted by Gasteiger charge is -2.39. The number of hydrogen-bond acceptors (Lipinski definition) is 4. The molecule has 22 heavy (non-hydrogen) atoms. The first-order valence-electron chi connectivity index (χ1n) is 6.70. The molecule has 1 aromatic carbocycles. The second-order valence-electron chi connectivity index (χ2n) is 5.13. The molecule has 1 atom stereocenters. The van der Waals surface area contributed by atoms with Crippen molar-refractivity contribution in [2.45, 2.75) is 19.1 Å². The third kappa shape index (κ3) is 3.70. The predicted molar refractivity (Wildman–Crippen MR) is 80.1 cm³/mol. The molecule has 1 aliphatic rings. The lowest BCUT2D eigenvalue weighted by atomic mass is 10.2. The average Bonchev–Trinajstić information content (AvgIpc) is 2.45. The van der Waals surface area contributed by atoms with Crippen molar-refractivity contribution >= 4 is 27.3 Å². The van der Waals surface area contributed by atoms with Crippen molar-refractivity contribution in [3.8, 4) is 0 Å². The summed E-state index contributed by atoms with van der Waals surface area (Å²) in [5.74, 6) is 0. The van der Waals surface area contributed by atoms with E-state index in [4.69, 9.17) is 0 Å². The van der Waals surface area contributed by atoms with E-state index in [1.165, 1.54) is 11.0 Å². The van der Waals surface area contributed by atoms with E-state index in [0.717, 1.165) is 6.92 Å². The molecule has 1 aliphatic heterocycles. The van der Waals surface area contributed by atoms with Crippen LogP contribution in [0.3, 0.4) is 0 Å². The fourth-order valence-electron chi connectivity index (χ4n) is 2.46. The largest absolute Gasteiger partial charge is 0.403 e. The maximum absolute atomic E-state index is 12.7. The first kappa shape index (κ1) is 17.0. The molecular formula is C13H15BrF3N3O2. The number of nitro groups is 1. The van der Waals surface area contributed by atoms with E-state index >= 15 is 0 Å². The van der Waals surface area contributed by atoms with Crippen molar-refractivity contribution in [2.75, 3.05) is 31.1 Å². The summed E-state index contributed by atoms with van der Waals surface area (Å²) < 4.78 is 38.9. The van der Waals surface area contributed by atoms with Crippen LogP contribution in [0.4, 0.5) is 24.5 Å². The van der Waals surface area contributed by atoms with Gasteiger partial charge in [-0.1, -0.05) is 15.9 Å². The summed E-state index contributed by atoms with van der Waals surface area (Å²) >= 11 is 3.26. The van der Waals surface area contributed by atoms with Gasteiger partial charge in [0.2, 0.25) is 0 Å². The van der Waals surface area contributed by atoms with Crippen molar-refractivity contribution in [3.05, 3.63) is 32.8 Å². The molecule has 0 aliphatic carbocycles. The van der Waals surface area contributed by atoms with E-state index in [1.54, 1.807) is 17.0 Å². The number of hydrogen-bond donors (Lipinski definition) is 0. The summed E-state index contributed by atoms with van der Waals surface area (Å²) in [6, 6.07) is 3.08. The van der Waals surface area contributed by atoms with Crippen LogP contribution in [0.5, 0.6) is 0 Å². The van der Waals surface area contributed by atoms with E-state index < -0.39 is 17.1 Å². The normalized spacial score (nSPS) is 18.3. The van der Waals surface area contributed by atoms with Gasteiger partial charge in [0.15, 0.2) is 0 Å². The van der Waals surface area contributed by atoms with Crippen LogP contribution in [0.1, 0.15) is 6.92 Å². The van der Waals surface area contributed by atoms with Crippen molar-refractivity contribution in [2.24, 2.45) is 0 Å². The van der Waals surface area contributed by atoms with Gasteiger partial charge in [-0.05, 0) is 19.1 Å². The Labute approximate surface area is 134 Å². The molecule has 1 fully saturated rings. The topological polar surface area (TPSA) is 49.6 Å². The van der Waals surface area contributed by atoms with Crippen molar-refractivity contribution in [1.29, 1.82) is 0 Å². The number of anilines is 1. The molecule has 1 unspecified atom stereocenters. The first-order chi connectivity index (χ1) is 10.2. The molecule has 5 nitrogen and oxygen atoms in total. The lowest BCUT2D eigenvalue weighted by molar-refractivity contribution is -0.384. The van der Waals surface area contributed by atoms with Crippen LogP contribution in [0.15, 0.2) is 22.7 Å². The summed E-state index contributed by atoms with van der Waals surface area (Å²) in [5, 5.41) is 11.1. The van der Waals surface area contributed by atoms with Gasteiger partial charge in [-0.3, -0.25) is 15.0 Å². The van der Waals surface area contributed by atoms with Crippen LogP contribution in [0, 0.1) is 10.1 Å². The molecule has 0 bridgehead atoms. The maximum atomic E-state index is 12.7. The number of alkyl halides is 3. The molecule has 0 saturated carbocycles. The Hall–Kier alpha value is -1.35. The third-order valence-corrected chi connectivity index (χ3v) is 4.30. The highest BCUT2D eigenvalue weighted by Crippen LogP contribution is 2.33. The molecule has 1 heterocycles. The van der Waals surface area contributed by atoms with Gasteiger partial charge in [0.05, 0.1) is 4.92 Å². The highest BCUT2D eigenvalue weighted by atomic mass is 79.9. The molecule has 0 amide bonds.